The molecule has 20 heavy (non-hydrogen) atoms. The Morgan fingerprint density at radius 3 is 2.65 bits per heavy atom. The molecule has 0 spiro atoms. The van der Waals surface area contributed by atoms with Crippen LogP contribution in [0.4, 0.5) is 0 Å². The first-order valence-corrected chi connectivity index (χ1v) is 8.27. The SMILES string of the molecule is CCOC1CCN(S(=O)(=O)c2c[nH]c(=O)c(Cl)c2)CC1. The summed E-state index contributed by atoms with van der Waals surface area (Å²) < 4.78 is 31.7. The molecule has 0 amide bonds. The highest BCUT2D eigenvalue weighted by Gasteiger charge is 2.30. The van der Waals surface area contributed by atoms with Crippen molar-refractivity contribution < 1.29 is 13.2 Å². The third-order valence-electron chi connectivity index (χ3n) is 3.27. The molecule has 6 nitrogen and oxygen atoms in total. The third kappa shape index (κ3) is 3.22. The van der Waals surface area contributed by atoms with Crippen LogP contribution < -0.4 is 5.56 Å². The predicted octanol–water partition coefficient (Wildman–Crippen LogP) is 1.22. The molecule has 0 bridgehead atoms. The van der Waals surface area contributed by atoms with E-state index in [4.69, 9.17) is 16.3 Å². The smallest absolute Gasteiger partial charge is 0.266 e. The van der Waals surface area contributed by atoms with Gasteiger partial charge in [0.05, 0.1) is 11.0 Å². The summed E-state index contributed by atoms with van der Waals surface area (Å²) in [5.41, 5.74) is -0.499. The maximum Gasteiger partial charge on any atom is 0.266 e. The molecule has 1 aliphatic rings. The Balaban J connectivity index is 2.15. The largest absolute Gasteiger partial charge is 0.378 e. The van der Waals surface area contributed by atoms with Gasteiger partial charge in [0.15, 0.2) is 0 Å². The van der Waals surface area contributed by atoms with E-state index < -0.39 is 15.6 Å². The lowest BCUT2D eigenvalue weighted by Gasteiger charge is -2.30. The van der Waals surface area contributed by atoms with Crippen molar-refractivity contribution in [2.24, 2.45) is 0 Å². The molecule has 0 radical (unpaired) electrons. The summed E-state index contributed by atoms with van der Waals surface area (Å²) >= 11 is 5.68. The number of sulfonamides is 1. The highest BCUT2D eigenvalue weighted by molar-refractivity contribution is 7.89. The van der Waals surface area contributed by atoms with Gasteiger partial charge in [0.2, 0.25) is 10.0 Å². The van der Waals surface area contributed by atoms with Crippen molar-refractivity contribution in [3.05, 3.63) is 27.6 Å². The molecule has 112 valence electrons. The van der Waals surface area contributed by atoms with Crippen molar-refractivity contribution >= 4 is 21.6 Å². The molecule has 2 heterocycles. The monoisotopic (exact) mass is 320 g/mol. The number of hydrogen-bond acceptors (Lipinski definition) is 4. The number of halogens is 1. The second kappa shape index (κ2) is 6.26. The second-order valence-corrected chi connectivity index (χ2v) is 6.92. The standard InChI is InChI=1S/C12H17ClN2O4S/c1-2-19-9-3-5-15(6-4-9)20(17,18)10-7-11(13)12(16)14-8-10/h7-9H,2-6H2,1H3,(H,14,16). The zero-order valence-electron chi connectivity index (χ0n) is 11.1. The van der Waals surface area contributed by atoms with Crippen molar-refractivity contribution in [1.29, 1.82) is 0 Å². The van der Waals surface area contributed by atoms with Gasteiger partial charge in [-0.1, -0.05) is 11.6 Å². The van der Waals surface area contributed by atoms with Crippen LogP contribution in [0.2, 0.25) is 5.02 Å². The molecule has 2 rings (SSSR count). The molecule has 0 unspecified atom stereocenters. The predicted molar refractivity (Wildman–Crippen MR) is 75.5 cm³/mol. The quantitative estimate of drug-likeness (QED) is 0.904. The number of ether oxygens (including phenoxy) is 1. The van der Waals surface area contributed by atoms with Crippen LogP contribution in [-0.2, 0) is 14.8 Å². The zero-order valence-corrected chi connectivity index (χ0v) is 12.7. The van der Waals surface area contributed by atoms with Crippen LogP contribution in [0.15, 0.2) is 22.0 Å². The Kier molecular flexibility index (Phi) is 4.85. The van der Waals surface area contributed by atoms with E-state index >= 15 is 0 Å². The highest BCUT2D eigenvalue weighted by Crippen LogP contribution is 2.22. The number of nitrogens with zero attached hydrogens (tertiary/aromatic N) is 1. The molecule has 1 saturated heterocycles. The van der Waals surface area contributed by atoms with E-state index in [1.54, 1.807) is 0 Å². The van der Waals surface area contributed by atoms with Crippen LogP contribution in [-0.4, -0.2) is 43.5 Å². The number of rotatable bonds is 4. The van der Waals surface area contributed by atoms with Crippen molar-refractivity contribution in [3.8, 4) is 0 Å². The molecule has 1 aromatic rings. The summed E-state index contributed by atoms with van der Waals surface area (Å²) in [4.78, 5) is 13.5. The number of pyridine rings is 1. The summed E-state index contributed by atoms with van der Waals surface area (Å²) in [5.74, 6) is 0. The molecule has 1 aromatic heterocycles. The summed E-state index contributed by atoms with van der Waals surface area (Å²) in [5, 5.41) is -0.129. The van der Waals surface area contributed by atoms with E-state index in [-0.39, 0.29) is 16.0 Å². The maximum absolute atomic E-state index is 12.4. The number of aromatic nitrogens is 1. The Morgan fingerprint density at radius 1 is 1.45 bits per heavy atom. The average molecular weight is 321 g/mol. The summed E-state index contributed by atoms with van der Waals surface area (Å²) in [6.45, 7) is 3.37. The average Bonchev–Trinajstić information content (AvgIpc) is 2.43. The number of aromatic amines is 1. The summed E-state index contributed by atoms with van der Waals surface area (Å²) in [6, 6.07) is 1.18. The molecule has 0 aliphatic carbocycles. The topological polar surface area (TPSA) is 79.5 Å². The molecule has 1 aliphatic heterocycles. The first-order valence-electron chi connectivity index (χ1n) is 6.45. The Bertz CT molecular complexity index is 621. The van der Waals surface area contributed by atoms with Gasteiger partial charge < -0.3 is 9.72 Å². The van der Waals surface area contributed by atoms with E-state index in [0.29, 0.717) is 32.5 Å². The fourth-order valence-electron chi connectivity index (χ4n) is 2.21. The Labute approximate surface area is 122 Å². The lowest BCUT2D eigenvalue weighted by molar-refractivity contribution is 0.0290. The normalized spacial score (nSPS) is 18.3. The van der Waals surface area contributed by atoms with Crippen molar-refractivity contribution in [2.75, 3.05) is 19.7 Å². The lowest BCUT2D eigenvalue weighted by Crippen LogP contribution is -2.41. The zero-order chi connectivity index (χ0) is 14.8. The van der Waals surface area contributed by atoms with Crippen LogP contribution in [0.3, 0.4) is 0 Å². The van der Waals surface area contributed by atoms with Gasteiger partial charge in [-0.25, -0.2) is 8.42 Å². The number of hydrogen-bond donors (Lipinski definition) is 1. The lowest BCUT2D eigenvalue weighted by atomic mass is 10.1. The first-order chi connectivity index (χ1) is 9.45. The van der Waals surface area contributed by atoms with Crippen LogP contribution in [0.5, 0.6) is 0 Å². The van der Waals surface area contributed by atoms with E-state index in [2.05, 4.69) is 4.98 Å². The summed E-state index contributed by atoms with van der Waals surface area (Å²) in [7, 11) is -3.62. The van der Waals surface area contributed by atoms with Gasteiger partial charge in [-0.15, -0.1) is 0 Å². The molecular formula is C12H17ClN2O4S. The van der Waals surface area contributed by atoms with Crippen molar-refractivity contribution in [1.82, 2.24) is 9.29 Å². The van der Waals surface area contributed by atoms with E-state index in [0.717, 1.165) is 0 Å². The van der Waals surface area contributed by atoms with Crippen LogP contribution in [0.25, 0.3) is 0 Å². The molecule has 0 aromatic carbocycles. The molecular weight excluding hydrogens is 304 g/mol. The number of piperidine rings is 1. The second-order valence-electron chi connectivity index (χ2n) is 4.57. The minimum atomic E-state index is -3.62. The molecule has 0 atom stereocenters. The fourth-order valence-corrected chi connectivity index (χ4v) is 3.91. The number of H-pyrrole nitrogens is 1. The minimum Gasteiger partial charge on any atom is -0.378 e. The first kappa shape index (κ1) is 15.5. The van der Waals surface area contributed by atoms with Crippen LogP contribution in [0, 0.1) is 0 Å². The molecule has 0 saturated carbocycles. The Hall–Kier alpha value is -0.890. The van der Waals surface area contributed by atoms with Crippen LogP contribution in [0.1, 0.15) is 19.8 Å². The minimum absolute atomic E-state index is 0.0111. The van der Waals surface area contributed by atoms with Gasteiger partial charge in [-0.2, -0.15) is 4.31 Å². The van der Waals surface area contributed by atoms with Gasteiger partial charge in [0.25, 0.3) is 5.56 Å². The van der Waals surface area contributed by atoms with Crippen molar-refractivity contribution in [2.45, 2.75) is 30.8 Å². The molecule has 8 heteroatoms. The highest BCUT2D eigenvalue weighted by atomic mass is 35.5. The van der Waals surface area contributed by atoms with E-state index in [1.807, 2.05) is 6.92 Å². The third-order valence-corrected chi connectivity index (χ3v) is 5.43. The molecule has 1 N–H and O–H groups in total. The fraction of sp³-hybridized carbons (Fsp3) is 0.583. The van der Waals surface area contributed by atoms with Gasteiger partial charge in [-0.05, 0) is 25.8 Å². The van der Waals surface area contributed by atoms with Crippen molar-refractivity contribution in [3.63, 3.8) is 0 Å². The Morgan fingerprint density at radius 2 is 2.10 bits per heavy atom. The van der Waals surface area contributed by atoms with Gasteiger partial charge in [-0.3, -0.25) is 4.79 Å². The maximum atomic E-state index is 12.4. The van der Waals surface area contributed by atoms with Gasteiger partial charge in [0.1, 0.15) is 5.02 Å². The van der Waals surface area contributed by atoms with Crippen LogP contribution >= 0.6 is 11.6 Å². The van der Waals surface area contributed by atoms with Gasteiger partial charge >= 0.3 is 0 Å². The number of nitrogens with one attached hydrogen (secondary N) is 1. The van der Waals surface area contributed by atoms with E-state index in [1.165, 1.54) is 16.6 Å². The van der Waals surface area contributed by atoms with E-state index in [9.17, 15) is 13.2 Å². The van der Waals surface area contributed by atoms with Gasteiger partial charge in [0, 0.05) is 25.9 Å². The molecule has 1 fully saturated rings. The summed E-state index contributed by atoms with van der Waals surface area (Å²) in [6.07, 6.45) is 2.64.